The molecule has 112 valence electrons. The van der Waals surface area contributed by atoms with E-state index in [1.807, 2.05) is 18.2 Å². The first-order valence-electron chi connectivity index (χ1n) is 6.15. The van der Waals surface area contributed by atoms with Gasteiger partial charge in [-0.2, -0.15) is 0 Å². The number of anilines is 1. The third-order valence-corrected chi connectivity index (χ3v) is 4.20. The number of halogens is 3. The normalized spacial score (nSPS) is 10.3. The number of methoxy groups -OCH3 is 2. The van der Waals surface area contributed by atoms with Crippen LogP contribution in [0.25, 0.3) is 0 Å². The molecule has 0 aliphatic rings. The highest BCUT2D eigenvalue weighted by Gasteiger charge is 2.11. The molecule has 1 N–H and O–H groups in total. The molecule has 0 bridgehead atoms. The maximum atomic E-state index is 6.18. The van der Waals surface area contributed by atoms with E-state index in [-0.39, 0.29) is 0 Å². The molecule has 0 aliphatic carbocycles. The van der Waals surface area contributed by atoms with Crippen molar-refractivity contribution in [1.29, 1.82) is 0 Å². The number of benzene rings is 2. The first-order valence-corrected chi connectivity index (χ1v) is 7.28. The summed E-state index contributed by atoms with van der Waals surface area (Å²) in [5.41, 5.74) is 1.51. The molecule has 2 aromatic carbocycles. The van der Waals surface area contributed by atoms with Crippen LogP contribution < -0.4 is 14.8 Å². The summed E-state index contributed by atoms with van der Waals surface area (Å²) in [4.78, 5) is 0. The van der Waals surface area contributed by atoms with Crippen molar-refractivity contribution in [2.24, 2.45) is 0 Å². The standard InChI is InChI=1S/C15H14Cl3NO2/c1-20-9-3-6-14(21-2)13(7-9)19-8-10-11(16)4-5-12(17)15(10)18/h3-7,19H,8H2,1-2H3. The maximum absolute atomic E-state index is 6.18. The van der Waals surface area contributed by atoms with Gasteiger partial charge in [-0.15, -0.1) is 0 Å². The van der Waals surface area contributed by atoms with Crippen LogP contribution in [0.2, 0.25) is 15.1 Å². The molecule has 0 atom stereocenters. The summed E-state index contributed by atoms with van der Waals surface area (Å²) < 4.78 is 10.5. The van der Waals surface area contributed by atoms with Crippen LogP contribution in [0.3, 0.4) is 0 Å². The summed E-state index contributed by atoms with van der Waals surface area (Å²) in [6.45, 7) is 0.418. The molecule has 0 amide bonds. The van der Waals surface area contributed by atoms with Crippen molar-refractivity contribution in [2.75, 3.05) is 19.5 Å². The summed E-state index contributed by atoms with van der Waals surface area (Å²) in [6, 6.07) is 8.87. The minimum atomic E-state index is 0.418. The van der Waals surface area contributed by atoms with Crippen molar-refractivity contribution in [3.8, 4) is 11.5 Å². The van der Waals surface area contributed by atoms with Crippen molar-refractivity contribution in [3.05, 3.63) is 51.0 Å². The summed E-state index contributed by atoms with van der Waals surface area (Å²) in [5, 5.41) is 4.70. The van der Waals surface area contributed by atoms with E-state index in [0.29, 0.717) is 27.4 Å². The topological polar surface area (TPSA) is 30.5 Å². The molecule has 0 heterocycles. The molecule has 0 fully saturated rings. The number of nitrogens with one attached hydrogen (secondary N) is 1. The van der Waals surface area contributed by atoms with Gasteiger partial charge in [0.1, 0.15) is 11.5 Å². The fraction of sp³-hybridized carbons (Fsp3) is 0.200. The van der Waals surface area contributed by atoms with Crippen molar-refractivity contribution >= 4 is 40.5 Å². The van der Waals surface area contributed by atoms with Crippen LogP contribution in [0.15, 0.2) is 30.3 Å². The number of hydrogen-bond donors (Lipinski definition) is 1. The first-order chi connectivity index (χ1) is 10.1. The van der Waals surface area contributed by atoms with Gasteiger partial charge in [0.15, 0.2) is 0 Å². The molecule has 0 saturated heterocycles. The molecular weight excluding hydrogens is 333 g/mol. The maximum Gasteiger partial charge on any atom is 0.142 e. The molecule has 6 heteroatoms. The Morgan fingerprint density at radius 2 is 1.67 bits per heavy atom. The Morgan fingerprint density at radius 3 is 2.33 bits per heavy atom. The molecule has 3 nitrogen and oxygen atoms in total. The van der Waals surface area contributed by atoms with Gasteiger partial charge in [0, 0.05) is 23.2 Å². The number of hydrogen-bond acceptors (Lipinski definition) is 3. The Morgan fingerprint density at radius 1 is 0.952 bits per heavy atom. The van der Waals surface area contributed by atoms with E-state index in [2.05, 4.69) is 5.32 Å². The molecule has 21 heavy (non-hydrogen) atoms. The van der Waals surface area contributed by atoms with Gasteiger partial charge in [0.25, 0.3) is 0 Å². The Bertz CT molecular complexity index is 647. The minimum Gasteiger partial charge on any atom is -0.497 e. The van der Waals surface area contributed by atoms with Crippen LogP contribution in [-0.4, -0.2) is 14.2 Å². The lowest BCUT2D eigenvalue weighted by molar-refractivity contribution is 0.404. The molecule has 2 aromatic rings. The molecule has 0 spiro atoms. The molecule has 0 unspecified atom stereocenters. The van der Waals surface area contributed by atoms with Crippen molar-refractivity contribution in [1.82, 2.24) is 0 Å². The lowest BCUT2D eigenvalue weighted by Gasteiger charge is -2.14. The molecular formula is C15H14Cl3NO2. The summed E-state index contributed by atoms with van der Waals surface area (Å²) in [7, 11) is 3.21. The predicted octanol–water partition coefficient (Wildman–Crippen LogP) is 5.28. The van der Waals surface area contributed by atoms with Crippen LogP contribution in [-0.2, 0) is 6.54 Å². The van der Waals surface area contributed by atoms with Crippen LogP contribution >= 0.6 is 34.8 Å². The predicted molar refractivity (Wildman–Crippen MR) is 88.3 cm³/mol. The molecule has 2 rings (SSSR count). The summed E-state index contributed by atoms with van der Waals surface area (Å²) >= 11 is 18.4. The highest BCUT2D eigenvalue weighted by Crippen LogP contribution is 2.34. The third kappa shape index (κ3) is 3.67. The van der Waals surface area contributed by atoms with Crippen LogP contribution in [0, 0.1) is 0 Å². The number of ether oxygens (including phenoxy) is 2. The monoisotopic (exact) mass is 345 g/mol. The Hall–Kier alpha value is -1.29. The van der Waals surface area contributed by atoms with Gasteiger partial charge in [-0.1, -0.05) is 34.8 Å². The van der Waals surface area contributed by atoms with E-state index in [9.17, 15) is 0 Å². The van der Waals surface area contributed by atoms with Crippen molar-refractivity contribution in [2.45, 2.75) is 6.54 Å². The van der Waals surface area contributed by atoms with Gasteiger partial charge in [0.05, 0.1) is 30.0 Å². The van der Waals surface area contributed by atoms with Crippen molar-refractivity contribution < 1.29 is 9.47 Å². The average Bonchev–Trinajstić information content (AvgIpc) is 2.50. The van der Waals surface area contributed by atoms with Gasteiger partial charge in [-0.25, -0.2) is 0 Å². The van der Waals surface area contributed by atoms with Crippen LogP contribution in [0.4, 0.5) is 5.69 Å². The highest BCUT2D eigenvalue weighted by molar-refractivity contribution is 6.44. The van der Waals surface area contributed by atoms with Crippen molar-refractivity contribution in [3.63, 3.8) is 0 Å². The SMILES string of the molecule is COc1ccc(OC)c(NCc2c(Cl)ccc(Cl)c2Cl)c1. The van der Waals surface area contributed by atoms with E-state index >= 15 is 0 Å². The number of rotatable bonds is 5. The van der Waals surface area contributed by atoms with Crippen LogP contribution in [0.1, 0.15) is 5.56 Å². The Kier molecular flexibility index (Phi) is 5.45. The quantitative estimate of drug-likeness (QED) is 0.747. The molecule has 0 aromatic heterocycles. The second-order valence-electron chi connectivity index (χ2n) is 4.24. The second kappa shape index (κ2) is 7.12. The Balaban J connectivity index is 2.26. The van der Waals surface area contributed by atoms with Gasteiger partial charge in [-0.05, 0) is 24.3 Å². The lowest BCUT2D eigenvalue weighted by atomic mass is 10.2. The summed E-state index contributed by atoms with van der Waals surface area (Å²) in [6.07, 6.45) is 0. The summed E-state index contributed by atoms with van der Waals surface area (Å²) in [5.74, 6) is 1.42. The lowest BCUT2D eigenvalue weighted by Crippen LogP contribution is -2.03. The molecule has 0 aliphatic heterocycles. The van der Waals surface area contributed by atoms with E-state index in [1.165, 1.54) is 0 Å². The van der Waals surface area contributed by atoms with Gasteiger partial charge < -0.3 is 14.8 Å². The zero-order chi connectivity index (χ0) is 15.4. The van der Waals surface area contributed by atoms with Gasteiger partial charge in [-0.3, -0.25) is 0 Å². The molecule has 0 radical (unpaired) electrons. The smallest absolute Gasteiger partial charge is 0.142 e. The average molecular weight is 347 g/mol. The largest absolute Gasteiger partial charge is 0.497 e. The van der Waals surface area contributed by atoms with E-state index in [1.54, 1.807) is 26.4 Å². The fourth-order valence-corrected chi connectivity index (χ4v) is 2.55. The Labute approximate surface area is 138 Å². The first kappa shape index (κ1) is 16.1. The van der Waals surface area contributed by atoms with Crippen LogP contribution in [0.5, 0.6) is 11.5 Å². The van der Waals surface area contributed by atoms with Gasteiger partial charge in [0.2, 0.25) is 0 Å². The van der Waals surface area contributed by atoms with E-state index in [0.717, 1.165) is 17.0 Å². The highest BCUT2D eigenvalue weighted by atomic mass is 35.5. The van der Waals surface area contributed by atoms with E-state index < -0.39 is 0 Å². The third-order valence-electron chi connectivity index (χ3n) is 3.00. The minimum absolute atomic E-state index is 0.418. The zero-order valence-corrected chi connectivity index (χ0v) is 13.8. The van der Waals surface area contributed by atoms with Gasteiger partial charge >= 0.3 is 0 Å². The zero-order valence-electron chi connectivity index (χ0n) is 11.5. The fourth-order valence-electron chi connectivity index (χ4n) is 1.87. The second-order valence-corrected chi connectivity index (χ2v) is 5.43. The van der Waals surface area contributed by atoms with E-state index in [4.69, 9.17) is 44.3 Å². The molecule has 0 saturated carbocycles.